The van der Waals surface area contributed by atoms with Crippen molar-refractivity contribution < 1.29 is 22.7 Å². The number of hydrogen-bond acceptors (Lipinski definition) is 9. The van der Waals surface area contributed by atoms with Gasteiger partial charge in [0.15, 0.2) is 5.82 Å². The lowest BCUT2D eigenvalue weighted by molar-refractivity contribution is -0.00577. The molecule has 3 heterocycles. The zero-order valence-electron chi connectivity index (χ0n) is 21.7. The number of carbonyl (C=O) groups excluding carboxylic acids is 1. The molecular weight excluding hydrogens is 561 g/mol. The summed E-state index contributed by atoms with van der Waals surface area (Å²) in [4.78, 5) is 27.9. The molecule has 1 aliphatic heterocycles. The fourth-order valence-corrected chi connectivity index (χ4v) is 5.89. The van der Waals surface area contributed by atoms with Gasteiger partial charge < -0.3 is 15.2 Å². The summed E-state index contributed by atoms with van der Waals surface area (Å²) in [5.41, 5.74) is 6.13. The lowest BCUT2D eigenvalue weighted by Gasteiger charge is -2.40. The Morgan fingerprint density at radius 1 is 1.18 bits per heavy atom. The number of ether oxygens (including phenoxy) is 1. The van der Waals surface area contributed by atoms with Crippen LogP contribution >= 0.6 is 23.3 Å². The van der Waals surface area contributed by atoms with Crippen molar-refractivity contribution in [3.8, 4) is 21.8 Å². The van der Waals surface area contributed by atoms with Crippen molar-refractivity contribution in [1.82, 2.24) is 19.9 Å². The molecule has 1 atom stereocenters. The molecule has 13 heteroatoms. The largest absolute Gasteiger partial charge is 0.444 e. The molecule has 1 unspecified atom stereocenters. The van der Waals surface area contributed by atoms with Gasteiger partial charge in [0.1, 0.15) is 22.2 Å². The van der Waals surface area contributed by atoms with E-state index in [1.807, 2.05) is 0 Å². The number of carbonyl (C=O) groups is 1. The van der Waals surface area contributed by atoms with E-state index in [0.717, 1.165) is 30.1 Å². The molecule has 8 nitrogen and oxygen atoms in total. The molecule has 0 aliphatic carbocycles. The molecule has 2 aromatic carbocycles. The first-order chi connectivity index (χ1) is 19.0. The van der Waals surface area contributed by atoms with Crippen LogP contribution in [0.3, 0.4) is 0 Å². The molecule has 0 radical (unpaired) electrons. The van der Waals surface area contributed by atoms with Gasteiger partial charge in [0.2, 0.25) is 5.95 Å². The summed E-state index contributed by atoms with van der Waals surface area (Å²) < 4.78 is 51.9. The zero-order chi connectivity index (χ0) is 28.6. The summed E-state index contributed by atoms with van der Waals surface area (Å²) in [6, 6.07) is 9.00. The van der Waals surface area contributed by atoms with Crippen molar-refractivity contribution in [1.29, 1.82) is 0 Å². The maximum atomic E-state index is 15.9. The number of nitrogens with one attached hydrogen (secondary N) is 1. The second-order valence-electron chi connectivity index (χ2n) is 9.95. The number of thiazole rings is 1. The molecule has 1 saturated heterocycles. The van der Waals surface area contributed by atoms with Crippen LogP contribution in [0.25, 0.3) is 21.8 Å². The van der Waals surface area contributed by atoms with Crippen LogP contribution in [0.5, 0.6) is 0 Å². The number of nitrogens with two attached hydrogens (primary N) is 1. The van der Waals surface area contributed by atoms with Gasteiger partial charge in [-0.2, -0.15) is 0 Å². The molecule has 3 N–H and O–H groups in total. The van der Waals surface area contributed by atoms with Gasteiger partial charge in [-0.15, -0.1) is 11.3 Å². The van der Waals surface area contributed by atoms with Crippen LogP contribution in [0.4, 0.5) is 29.6 Å². The molecule has 0 bridgehead atoms. The van der Waals surface area contributed by atoms with Gasteiger partial charge in [-0.1, -0.05) is 6.07 Å². The normalized spacial score (nSPS) is 15.1. The van der Waals surface area contributed by atoms with Crippen molar-refractivity contribution in [2.24, 2.45) is 0 Å². The Bertz CT molecular complexity index is 1580. The van der Waals surface area contributed by atoms with Crippen LogP contribution in [-0.2, 0) is 4.74 Å². The minimum absolute atomic E-state index is 0.0230. The van der Waals surface area contributed by atoms with Crippen molar-refractivity contribution in [2.75, 3.05) is 17.0 Å². The highest BCUT2D eigenvalue weighted by atomic mass is 32.2. The van der Waals surface area contributed by atoms with Gasteiger partial charge in [-0.05, 0) is 75.5 Å². The number of nitrogens with zero attached hydrogens (tertiary/aromatic N) is 4. The second-order valence-corrected chi connectivity index (χ2v) is 11.8. The lowest BCUT2D eigenvalue weighted by Crippen LogP contribution is -2.47. The van der Waals surface area contributed by atoms with Gasteiger partial charge >= 0.3 is 6.09 Å². The standard InChI is InChI=1S/C27H25F3N6O2S2/c1-27(2,3)38-26(37)36-12-10-19(36)24-34-22(23(39-24)18-9-11-32-25(31)33-18)15-5-4-6-17(21(15)30)35-40-20-13-14(28)7-8-16(20)29/h4-9,11,13,19,35H,10,12H2,1-3H3,(H2,31,32,33). The molecule has 4 aromatic rings. The second kappa shape index (κ2) is 11.0. The first kappa shape index (κ1) is 27.7. The van der Waals surface area contributed by atoms with Gasteiger partial charge in [0, 0.05) is 18.3 Å². The van der Waals surface area contributed by atoms with Crippen molar-refractivity contribution in [2.45, 2.75) is 43.7 Å². The number of anilines is 2. The number of halogens is 3. The number of likely N-dealkylation sites (tertiary alicyclic amines) is 1. The Labute approximate surface area is 236 Å². The van der Waals surface area contributed by atoms with E-state index in [4.69, 9.17) is 15.5 Å². The maximum absolute atomic E-state index is 15.9. The van der Waals surface area contributed by atoms with Crippen LogP contribution < -0.4 is 10.5 Å². The Morgan fingerprint density at radius 3 is 2.67 bits per heavy atom. The maximum Gasteiger partial charge on any atom is 0.410 e. The zero-order valence-corrected chi connectivity index (χ0v) is 23.4. The molecule has 1 amide bonds. The molecule has 1 fully saturated rings. The fourth-order valence-electron chi connectivity index (χ4n) is 3.98. The molecule has 1 aliphatic rings. The first-order valence-corrected chi connectivity index (χ1v) is 13.9. The average Bonchev–Trinajstić information content (AvgIpc) is 3.27. The summed E-state index contributed by atoms with van der Waals surface area (Å²) in [5, 5.41) is 0.591. The third-order valence-corrected chi connectivity index (χ3v) is 7.94. The Balaban J connectivity index is 1.51. The van der Waals surface area contributed by atoms with Gasteiger partial charge in [-0.3, -0.25) is 4.90 Å². The van der Waals surface area contributed by atoms with Crippen LogP contribution in [-0.4, -0.2) is 38.1 Å². The fraction of sp³-hybridized carbons (Fsp3) is 0.259. The predicted octanol–water partition coefficient (Wildman–Crippen LogP) is 7.07. The Kier molecular flexibility index (Phi) is 7.60. The van der Waals surface area contributed by atoms with E-state index < -0.39 is 29.1 Å². The number of aromatic nitrogens is 3. The van der Waals surface area contributed by atoms with E-state index >= 15 is 4.39 Å². The number of nitrogen functional groups attached to an aromatic ring is 1. The number of rotatable bonds is 6. The van der Waals surface area contributed by atoms with E-state index in [1.165, 1.54) is 23.6 Å². The minimum Gasteiger partial charge on any atom is -0.444 e. The lowest BCUT2D eigenvalue weighted by atomic mass is 10.0. The summed E-state index contributed by atoms with van der Waals surface area (Å²) in [5.74, 6) is -1.86. The van der Waals surface area contributed by atoms with E-state index in [0.29, 0.717) is 34.2 Å². The third-order valence-electron chi connectivity index (χ3n) is 5.90. The van der Waals surface area contributed by atoms with Crippen LogP contribution in [0.15, 0.2) is 53.6 Å². The molecule has 0 spiro atoms. The smallest absolute Gasteiger partial charge is 0.410 e. The number of amides is 1. The first-order valence-electron chi connectivity index (χ1n) is 12.3. The van der Waals surface area contributed by atoms with Crippen LogP contribution in [0, 0.1) is 17.5 Å². The van der Waals surface area contributed by atoms with Crippen molar-refractivity contribution in [3.63, 3.8) is 0 Å². The molecule has 2 aromatic heterocycles. The summed E-state index contributed by atoms with van der Waals surface area (Å²) in [7, 11) is 0. The Hall–Kier alpha value is -3.84. The Morgan fingerprint density at radius 2 is 1.98 bits per heavy atom. The quantitative estimate of drug-likeness (QED) is 0.231. The summed E-state index contributed by atoms with van der Waals surface area (Å²) >= 11 is 2.03. The monoisotopic (exact) mass is 586 g/mol. The molecule has 5 rings (SSSR count). The van der Waals surface area contributed by atoms with Crippen LogP contribution in [0.2, 0.25) is 0 Å². The van der Waals surface area contributed by atoms with Crippen molar-refractivity contribution in [3.05, 3.63) is 71.1 Å². The summed E-state index contributed by atoms with van der Waals surface area (Å²) in [6.07, 6.45) is 1.71. The molecular formula is C27H25F3N6O2S2. The summed E-state index contributed by atoms with van der Waals surface area (Å²) in [6.45, 7) is 5.89. The predicted molar refractivity (Wildman–Crippen MR) is 149 cm³/mol. The van der Waals surface area contributed by atoms with E-state index in [-0.39, 0.29) is 28.1 Å². The van der Waals surface area contributed by atoms with Gasteiger partial charge in [-0.25, -0.2) is 32.9 Å². The van der Waals surface area contributed by atoms with Crippen LogP contribution in [0.1, 0.15) is 38.2 Å². The minimum atomic E-state index is -0.655. The van der Waals surface area contributed by atoms with Gasteiger partial charge in [0.25, 0.3) is 0 Å². The van der Waals surface area contributed by atoms with E-state index in [2.05, 4.69) is 14.7 Å². The SMILES string of the molecule is CC(C)(C)OC(=O)N1CCC1c1nc(-c2cccc(NSc3cc(F)ccc3F)c2F)c(-c2ccnc(N)n2)s1. The van der Waals surface area contributed by atoms with E-state index in [9.17, 15) is 13.6 Å². The number of benzene rings is 2. The van der Waals surface area contributed by atoms with Crippen molar-refractivity contribution >= 4 is 41.0 Å². The van der Waals surface area contributed by atoms with E-state index in [1.54, 1.807) is 43.9 Å². The highest BCUT2D eigenvalue weighted by Crippen LogP contribution is 2.44. The molecule has 208 valence electrons. The highest BCUT2D eigenvalue weighted by molar-refractivity contribution is 8.00. The van der Waals surface area contributed by atoms with Gasteiger partial charge in [0.05, 0.1) is 32.9 Å². The number of hydrogen-bond donors (Lipinski definition) is 2. The third kappa shape index (κ3) is 5.85. The molecule has 0 saturated carbocycles. The topological polar surface area (TPSA) is 106 Å². The molecule has 40 heavy (non-hydrogen) atoms. The highest BCUT2D eigenvalue weighted by Gasteiger charge is 2.39. The average molecular weight is 587 g/mol.